The van der Waals surface area contributed by atoms with Gasteiger partial charge in [0.15, 0.2) is 5.78 Å². The Kier molecular flexibility index (Phi) is 5.74. The van der Waals surface area contributed by atoms with Crippen LogP contribution in [0.1, 0.15) is 39.5 Å². The fourth-order valence-electron chi connectivity index (χ4n) is 2.57. The first-order valence-corrected chi connectivity index (χ1v) is 7.93. The van der Waals surface area contributed by atoms with Crippen LogP contribution in [-0.4, -0.2) is 18.8 Å². The lowest BCUT2D eigenvalue weighted by molar-refractivity contribution is -0.116. The van der Waals surface area contributed by atoms with Crippen molar-refractivity contribution in [2.45, 2.75) is 39.5 Å². The van der Waals surface area contributed by atoms with Crippen LogP contribution in [0.25, 0.3) is 0 Å². The molecule has 122 valence electrons. The van der Waals surface area contributed by atoms with Crippen molar-refractivity contribution in [3.05, 3.63) is 47.7 Å². The van der Waals surface area contributed by atoms with E-state index < -0.39 is 0 Å². The second kappa shape index (κ2) is 7.77. The lowest BCUT2D eigenvalue weighted by Crippen LogP contribution is -2.22. The molecular formula is C19H23NO3. The zero-order chi connectivity index (χ0) is 16.8. The minimum Gasteiger partial charge on any atom is -0.497 e. The maximum atomic E-state index is 12.0. The minimum absolute atomic E-state index is 0.0921. The summed E-state index contributed by atoms with van der Waals surface area (Å²) in [6.07, 6.45) is 6.96. The fourth-order valence-corrected chi connectivity index (χ4v) is 2.57. The Morgan fingerprint density at radius 3 is 2.57 bits per heavy atom. The van der Waals surface area contributed by atoms with E-state index in [2.05, 4.69) is 6.92 Å². The van der Waals surface area contributed by atoms with Crippen molar-refractivity contribution in [1.29, 1.82) is 0 Å². The Hall–Kier alpha value is -2.36. The summed E-state index contributed by atoms with van der Waals surface area (Å²) in [5.41, 5.74) is 2.51. The molecule has 0 bridgehead atoms. The van der Waals surface area contributed by atoms with Gasteiger partial charge in [-0.1, -0.05) is 19.4 Å². The number of Topliss-reactive ketones (excluding diaryl/α,β-unsaturated/α-hetero) is 1. The zero-order valence-corrected chi connectivity index (χ0v) is 14.0. The van der Waals surface area contributed by atoms with Crippen molar-refractivity contribution in [3.63, 3.8) is 0 Å². The first-order chi connectivity index (χ1) is 11.0. The molecule has 0 heterocycles. The molecule has 1 aromatic carbocycles. The molecule has 1 aromatic rings. The number of anilines is 1. The van der Waals surface area contributed by atoms with Gasteiger partial charge in [-0.15, -0.1) is 0 Å². The van der Waals surface area contributed by atoms with E-state index in [0.29, 0.717) is 6.42 Å². The number of amides is 1. The normalized spacial score (nSPS) is 15.7. The third-order valence-electron chi connectivity index (χ3n) is 3.87. The summed E-state index contributed by atoms with van der Waals surface area (Å²) >= 11 is 0. The number of carbonyl (C=O) groups excluding carboxylic acids is 2. The van der Waals surface area contributed by atoms with Crippen LogP contribution in [0.3, 0.4) is 0 Å². The Labute approximate surface area is 137 Å². The second-order valence-electron chi connectivity index (χ2n) is 5.66. The number of unbranched alkanes of at least 4 members (excludes halogenated alkanes) is 1. The summed E-state index contributed by atoms with van der Waals surface area (Å²) in [4.78, 5) is 25.6. The summed E-state index contributed by atoms with van der Waals surface area (Å²) in [5, 5.41) is 0. The molecule has 0 unspecified atom stereocenters. The number of hydrogen-bond acceptors (Lipinski definition) is 3. The van der Waals surface area contributed by atoms with E-state index in [0.717, 1.165) is 41.8 Å². The van der Waals surface area contributed by atoms with Crippen molar-refractivity contribution in [3.8, 4) is 5.75 Å². The number of methoxy groups -OCH3 is 1. The monoisotopic (exact) mass is 313 g/mol. The maximum Gasteiger partial charge on any atom is 0.227 e. The number of ether oxygens (including phenoxy) is 1. The molecule has 0 fully saturated rings. The number of benzene rings is 1. The van der Waals surface area contributed by atoms with Crippen LogP contribution in [0.15, 0.2) is 47.7 Å². The third-order valence-corrected chi connectivity index (χ3v) is 3.87. The maximum absolute atomic E-state index is 12.0. The number of carbonyl (C=O) groups is 2. The van der Waals surface area contributed by atoms with E-state index in [-0.39, 0.29) is 11.7 Å². The lowest BCUT2D eigenvalue weighted by atomic mass is 10.1. The number of allylic oxidation sites excluding steroid dienone is 3. The second-order valence-corrected chi connectivity index (χ2v) is 5.66. The van der Waals surface area contributed by atoms with Gasteiger partial charge in [-0.3, -0.25) is 14.5 Å². The minimum atomic E-state index is -0.0921. The highest BCUT2D eigenvalue weighted by Gasteiger charge is 2.20. The van der Waals surface area contributed by atoms with Crippen LogP contribution < -0.4 is 9.64 Å². The molecule has 1 aliphatic carbocycles. The summed E-state index contributed by atoms with van der Waals surface area (Å²) < 4.78 is 5.14. The van der Waals surface area contributed by atoms with E-state index in [4.69, 9.17) is 4.74 Å². The predicted molar refractivity (Wildman–Crippen MR) is 91.5 cm³/mol. The highest BCUT2D eigenvalue weighted by molar-refractivity contribution is 6.02. The van der Waals surface area contributed by atoms with Crippen molar-refractivity contribution in [2.75, 3.05) is 12.0 Å². The van der Waals surface area contributed by atoms with Crippen molar-refractivity contribution < 1.29 is 14.3 Å². The predicted octanol–water partition coefficient (Wildman–Crippen LogP) is 4.02. The van der Waals surface area contributed by atoms with Crippen LogP contribution in [0.5, 0.6) is 5.75 Å². The largest absolute Gasteiger partial charge is 0.497 e. The van der Waals surface area contributed by atoms with Crippen molar-refractivity contribution in [1.82, 2.24) is 0 Å². The van der Waals surface area contributed by atoms with Gasteiger partial charge in [0.25, 0.3) is 0 Å². The van der Waals surface area contributed by atoms with Crippen LogP contribution in [0.4, 0.5) is 5.69 Å². The number of rotatable bonds is 6. The average Bonchev–Trinajstić information content (AvgIpc) is 2.90. The van der Waals surface area contributed by atoms with Gasteiger partial charge in [-0.2, -0.15) is 0 Å². The first-order valence-electron chi connectivity index (χ1n) is 7.93. The van der Waals surface area contributed by atoms with Crippen molar-refractivity contribution in [2.24, 2.45) is 0 Å². The molecule has 1 aliphatic rings. The third kappa shape index (κ3) is 4.31. The van der Waals surface area contributed by atoms with Gasteiger partial charge >= 0.3 is 0 Å². The molecule has 4 nitrogen and oxygen atoms in total. The van der Waals surface area contributed by atoms with Crippen LogP contribution in [0.2, 0.25) is 0 Å². The number of nitrogens with zero attached hydrogens (tertiary/aromatic N) is 1. The fraction of sp³-hybridized carbons (Fsp3) is 0.368. The van der Waals surface area contributed by atoms with Gasteiger partial charge in [0.05, 0.1) is 7.11 Å². The van der Waals surface area contributed by atoms with E-state index in [1.807, 2.05) is 30.3 Å². The van der Waals surface area contributed by atoms with Gasteiger partial charge in [0.2, 0.25) is 5.91 Å². The van der Waals surface area contributed by atoms with Crippen LogP contribution in [0, 0.1) is 0 Å². The smallest absolute Gasteiger partial charge is 0.227 e. The molecule has 0 spiro atoms. The molecule has 4 heteroatoms. The quantitative estimate of drug-likeness (QED) is 0.797. The Bertz CT molecular complexity index is 641. The molecule has 0 saturated heterocycles. The molecule has 23 heavy (non-hydrogen) atoms. The molecule has 0 saturated carbocycles. The number of ketones is 1. The molecule has 0 atom stereocenters. The summed E-state index contributed by atoms with van der Waals surface area (Å²) in [5.74, 6) is 0.816. The first kappa shape index (κ1) is 17.0. The van der Waals surface area contributed by atoms with Crippen LogP contribution in [-0.2, 0) is 9.59 Å². The van der Waals surface area contributed by atoms with E-state index in [9.17, 15) is 9.59 Å². The molecule has 0 N–H and O–H groups in total. The molecular weight excluding hydrogens is 290 g/mol. The van der Waals surface area contributed by atoms with Gasteiger partial charge < -0.3 is 4.74 Å². The zero-order valence-electron chi connectivity index (χ0n) is 14.0. The highest BCUT2D eigenvalue weighted by atomic mass is 16.5. The summed E-state index contributed by atoms with van der Waals surface area (Å²) in [6.45, 7) is 3.62. The molecule has 0 aromatic heterocycles. The Balaban J connectivity index is 2.23. The van der Waals surface area contributed by atoms with Gasteiger partial charge in [-0.05, 0) is 48.3 Å². The molecule has 0 radical (unpaired) electrons. The highest BCUT2D eigenvalue weighted by Crippen LogP contribution is 2.27. The molecule has 1 amide bonds. The Morgan fingerprint density at radius 2 is 2.00 bits per heavy atom. The number of hydrogen-bond donors (Lipinski definition) is 0. The van der Waals surface area contributed by atoms with E-state index in [1.54, 1.807) is 18.2 Å². The van der Waals surface area contributed by atoms with Gasteiger partial charge in [0, 0.05) is 25.2 Å². The van der Waals surface area contributed by atoms with E-state index >= 15 is 0 Å². The Morgan fingerprint density at radius 1 is 1.30 bits per heavy atom. The standard InChI is InChI=1S/C19H23NO3/c1-4-5-6-16-11-15(12-19(16)22)13-20(14(2)21)17-7-9-18(23-3)10-8-17/h7-11,13H,4-6,12H2,1-3H3/b15-13-. The van der Waals surface area contributed by atoms with Crippen LogP contribution >= 0.6 is 0 Å². The van der Waals surface area contributed by atoms with Gasteiger partial charge in [0.1, 0.15) is 5.75 Å². The molecule has 0 aliphatic heterocycles. The van der Waals surface area contributed by atoms with Gasteiger partial charge in [-0.25, -0.2) is 0 Å². The lowest BCUT2D eigenvalue weighted by Gasteiger charge is -2.17. The SMILES string of the molecule is CCCCC1=C/C(=C/N(C(C)=O)c2ccc(OC)cc2)CC1=O. The topological polar surface area (TPSA) is 46.6 Å². The summed E-state index contributed by atoms with van der Waals surface area (Å²) in [6, 6.07) is 7.28. The molecule has 2 rings (SSSR count). The van der Waals surface area contributed by atoms with E-state index in [1.165, 1.54) is 6.92 Å². The average molecular weight is 313 g/mol. The summed E-state index contributed by atoms with van der Waals surface area (Å²) in [7, 11) is 1.60. The van der Waals surface area contributed by atoms with Crippen molar-refractivity contribution >= 4 is 17.4 Å².